The molecule has 0 radical (unpaired) electrons. The molecule has 0 saturated heterocycles. The van der Waals surface area contributed by atoms with Gasteiger partial charge >= 0.3 is 0 Å². The van der Waals surface area contributed by atoms with Gasteiger partial charge in [-0.15, -0.1) is 0 Å². The fraction of sp³-hybridized carbons (Fsp3) is 0.300. The largest absolute Gasteiger partial charge is 0.338 e. The Bertz CT molecular complexity index is 1470. The second kappa shape index (κ2) is 7.78. The lowest BCUT2D eigenvalue weighted by molar-refractivity contribution is -0.659. The molecule has 0 aliphatic rings. The fourth-order valence-corrected chi connectivity index (χ4v) is 5.32. The van der Waals surface area contributed by atoms with Gasteiger partial charge in [0.1, 0.15) is 7.05 Å². The van der Waals surface area contributed by atoms with Gasteiger partial charge in [-0.05, 0) is 73.9 Å². The minimum absolute atomic E-state index is 0.396. The molecule has 0 atom stereocenters. The van der Waals surface area contributed by atoms with Crippen LogP contribution in [0, 0.1) is 12.8 Å². The molecular weight excluding hydrogens is 388 g/mol. The summed E-state index contributed by atoms with van der Waals surface area (Å²) >= 11 is 0. The van der Waals surface area contributed by atoms with Gasteiger partial charge in [0.05, 0.1) is 16.5 Å². The van der Waals surface area contributed by atoms with Crippen molar-refractivity contribution in [1.82, 2.24) is 4.57 Å². The maximum Gasteiger partial charge on any atom is 0.220 e. The van der Waals surface area contributed by atoms with Crippen LogP contribution in [0.2, 0.25) is 0 Å². The standard InChI is InChI=1S/C30H33N2/c1-19(2)15-22-11-12-24-23(17-22)13-14-31(6)30(24)26-18-29-27(16-21(26)5)25-9-7-8-10-28(25)32(29)20(3)4/h7-14,16-20H,15H2,1-6H3/q+1. The molecule has 162 valence electrons. The van der Waals surface area contributed by atoms with Gasteiger partial charge in [0, 0.05) is 28.4 Å². The van der Waals surface area contributed by atoms with Crippen molar-refractivity contribution in [2.24, 2.45) is 13.0 Å². The Morgan fingerprint density at radius 1 is 0.812 bits per heavy atom. The van der Waals surface area contributed by atoms with Gasteiger partial charge in [-0.25, -0.2) is 4.57 Å². The minimum atomic E-state index is 0.396. The molecule has 2 nitrogen and oxygen atoms in total. The molecule has 3 aromatic carbocycles. The van der Waals surface area contributed by atoms with Gasteiger partial charge in [0.2, 0.25) is 5.69 Å². The van der Waals surface area contributed by atoms with E-state index in [1.54, 1.807) is 0 Å². The van der Waals surface area contributed by atoms with Crippen LogP contribution in [0.4, 0.5) is 0 Å². The number of nitrogens with zero attached hydrogens (tertiary/aromatic N) is 2. The average molecular weight is 422 g/mol. The SMILES string of the molecule is Cc1cc2c3ccccc3n(C(C)C)c2cc1-c1c2ccc(CC(C)C)cc2cc[n+]1C. The lowest BCUT2D eigenvalue weighted by Crippen LogP contribution is -2.30. The summed E-state index contributed by atoms with van der Waals surface area (Å²) in [6.45, 7) is 11.4. The first-order valence-electron chi connectivity index (χ1n) is 11.8. The zero-order chi connectivity index (χ0) is 22.6. The van der Waals surface area contributed by atoms with E-state index in [0.717, 1.165) is 6.42 Å². The molecule has 32 heavy (non-hydrogen) atoms. The quantitative estimate of drug-likeness (QED) is 0.265. The van der Waals surface area contributed by atoms with E-state index in [0.29, 0.717) is 12.0 Å². The maximum absolute atomic E-state index is 2.49. The Morgan fingerprint density at radius 3 is 2.34 bits per heavy atom. The van der Waals surface area contributed by atoms with Crippen molar-refractivity contribution >= 4 is 32.6 Å². The Labute approximate surface area is 191 Å². The number of hydrogen-bond acceptors (Lipinski definition) is 0. The van der Waals surface area contributed by atoms with Crippen LogP contribution in [0.5, 0.6) is 0 Å². The van der Waals surface area contributed by atoms with Gasteiger partial charge in [0.15, 0.2) is 6.20 Å². The van der Waals surface area contributed by atoms with Crippen LogP contribution in [0.3, 0.4) is 0 Å². The molecule has 5 rings (SSSR count). The van der Waals surface area contributed by atoms with E-state index < -0.39 is 0 Å². The van der Waals surface area contributed by atoms with Crippen LogP contribution in [-0.2, 0) is 13.5 Å². The summed E-state index contributed by atoms with van der Waals surface area (Å²) in [6, 6.07) is 23.3. The normalized spacial score (nSPS) is 12.1. The first-order valence-corrected chi connectivity index (χ1v) is 11.8. The molecule has 2 heterocycles. The summed E-state index contributed by atoms with van der Waals surface area (Å²) in [5.41, 5.74) is 7.97. The van der Waals surface area contributed by atoms with Crippen LogP contribution in [0.1, 0.15) is 44.9 Å². The highest BCUT2D eigenvalue weighted by Gasteiger charge is 2.21. The van der Waals surface area contributed by atoms with Gasteiger partial charge in [-0.2, -0.15) is 0 Å². The molecule has 0 saturated carbocycles. The Balaban J connectivity index is 1.81. The van der Waals surface area contributed by atoms with Gasteiger partial charge in [-0.3, -0.25) is 0 Å². The molecule has 2 heteroatoms. The minimum Gasteiger partial charge on any atom is -0.338 e. The first-order chi connectivity index (χ1) is 15.3. The highest BCUT2D eigenvalue weighted by Crippen LogP contribution is 2.37. The van der Waals surface area contributed by atoms with E-state index in [2.05, 4.69) is 118 Å². The van der Waals surface area contributed by atoms with Gasteiger partial charge in [-0.1, -0.05) is 44.2 Å². The lowest BCUT2D eigenvalue weighted by Gasteiger charge is -2.14. The number of rotatable bonds is 4. The molecule has 0 unspecified atom stereocenters. The van der Waals surface area contributed by atoms with E-state index in [9.17, 15) is 0 Å². The number of fused-ring (bicyclic) bond motifs is 4. The summed E-state index contributed by atoms with van der Waals surface area (Å²) in [4.78, 5) is 0. The molecule has 0 fully saturated rings. The van der Waals surface area contributed by atoms with Crippen molar-refractivity contribution in [3.8, 4) is 11.3 Å². The number of pyridine rings is 1. The Morgan fingerprint density at radius 2 is 1.59 bits per heavy atom. The van der Waals surface area contributed by atoms with Gasteiger partial charge in [0.25, 0.3) is 0 Å². The topological polar surface area (TPSA) is 8.81 Å². The van der Waals surface area contributed by atoms with E-state index in [-0.39, 0.29) is 0 Å². The first kappa shape index (κ1) is 20.8. The van der Waals surface area contributed by atoms with Crippen LogP contribution in [-0.4, -0.2) is 4.57 Å². The van der Waals surface area contributed by atoms with Crippen molar-refractivity contribution in [3.05, 3.63) is 78.0 Å². The third-order valence-corrected chi connectivity index (χ3v) is 6.67. The number of para-hydroxylation sites is 1. The highest BCUT2D eigenvalue weighted by atomic mass is 15.0. The average Bonchev–Trinajstić information content (AvgIpc) is 3.06. The van der Waals surface area contributed by atoms with Crippen molar-refractivity contribution < 1.29 is 4.57 Å². The van der Waals surface area contributed by atoms with E-state index in [1.807, 2.05) is 0 Å². The molecule has 0 aliphatic heterocycles. The van der Waals surface area contributed by atoms with Crippen LogP contribution in [0.15, 0.2) is 66.9 Å². The molecule has 0 aliphatic carbocycles. The highest BCUT2D eigenvalue weighted by molar-refractivity contribution is 6.10. The smallest absolute Gasteiger partial charge is 0.220 e. The predicted octanol–water partition coefficient (Wildman–Crippen LogP) is 7.53. The molecule has 0 amide bonds. The molecular formula is C30H33N2+. The van der Waals surface area contributed by atoms with Crippen molar-refractivity contribution in [2.45, 2.75) is 47.1 Å². The third-order valence-electron chi connectivity index (χ3n) is 6.67. The van der Waals surface area contributed by atoms with Crippen molar-refractivity contribution in [1.29, 1.82) is 0 Å². The van der Waals surface area contributed by atoms with Crippen LogP contribution >= 0.6 is 0 Å². The number of hydrogen-bond donors (Lipinski definition) is 0. The molecule has 5 aromatic rings. The zero-order valence-electron chi connectivity index (χ0n) is 20.1. The molecule has 0 N–H and O–H groups in total. The summed E-state index contributed by atoms with van der Waals surface area (Å²) in [7, 11) is 2.17. The second-order valence-electron chi connectivity index (χ2n) is 9.96. The number of benzene rings is 3. The van der Waals surface area contributed by atoms with Crippen molar-refractivity contribution in [2.75, 3.05) is 0 Å². The third kappa shape index (κ3) is 3.30. The summed E-state index contributed by atoms with van der Waals surface area (Å²) < 4.78 is 4.76. The van der Waals surface area contributed by atoms with Crippen molar-refractivity contribution in [3.63, 3.8) is 0 Å². The molecule has 2 aromatic heterocycles. The molecule has 0 spiro atoms. The Kier molecular flexibility index (Phi) is 5.04. The van der Waals surface area contributed by atoms with Crippen LogP contribution < -0.4 is 4.57 Å². The predicted molar refractivity (Wildman–Crippen MR) is 137 cm³/mol. The lowest BCUT2D eigenvalue weighted by atomic mass is 9.95. The number of aryl methyl sites for hydroxylation is 2. The van der Waals surface area contributed by atoms with E-state index >= 15 is 0 Å². The summed E-state index contributed by atoms with van der Waals surface area (Å²) in [5, 5.41) is 5.32. The van der Waals surface area contributed by atoms with E-state index in [4.69, 9.17) is 0 Å². The van der Waals surface area contributed by atoms with E-state index in [1.165, 1.54) is 55.0 Å². The summed E-state index contributed by atoms with van der Waals surface area (Å²) in [5.74, 6) is 0.661. The number of aromatic nitrogens is 2. The molecule has 0 bridgehead atoms. The maximum atomic E-state index is 2.49. The monoisotopic (exact) mass is 421 g/mol. The van der Waals surface area contributed by atoms with Gasteiger partial charge < -0.3 is 4.57 Å². The second-order valence-corrected chi connectivity index (χ2v) is 9.96. The van der Waals surface area contributed by atoms with Crippen LogP contribution in [0.25, 0.3) is 43.8 Å². The summed E-state index contributed by atoms with van der Waals surface area (Å²) in [6.07, 6.45) is 3.32. The zero-order valence-corrected chi connectivity index (χ0v) is 20.1. The fourth-order valence-electron chi connectivity index (χ4n) is 5.32. The Hall–Kier alpha value is -3.13.